The highest BCUT2D eigenvalue weighted by atomic mass is 32.2. The highest BCUT2D eigenvalue weighted by Crippen LogP contribution is 2.28. The van der Waals surface area contributed by atoms with Crippen LogP contribution in [0.1, 0.15) is 31.1 Å². The highest BCUT2D eigenvalue weighted by Gasteiger charge is 2.26. The van der Waals surface area contributed by atoms with Gasteiger partial charge in [-0.25, -0.2) is 8.42 Å². The SMILES string of the molecule is CCN(CC)S(=O)(=O)c1cc(C(=O)Nc2ccc3c(ccn3CC)c2)ccc1OC. The highest BCUT2D eigenvalue weighted by molar-refractivity contribution is 7.89. The second-order valence-electron chi connectivity index (χ2n) is 6.78. The fourth-order valence-corrected chi connectivity index (χ4v) is 5.12. The molecule has 1 aromatic heterocycles. The molecule has 1 heterocycles. The number of benzene rings is 2. The number of aromatic nitrogens is 1. The maximum Gasteiger partial charge on any atom is 0.255 e. The van der Waals surface area contributed by atoms with E-state index >= 15 is 0 Å². The third-order valence-corrected chi connectivity index (χ3v) is 7.19. The molecule has 0 unspecified atom stereocenters. The average molecular weight is 430 g/mol. The van der Waals surface area contributed by atoms with E-state index in [1.54, 1.807) is 19.9 Å². The minimum absolute atomic E-state index is 0.0168. The van der Waals surface area contributed by atoms with Crippen LogP contribution in [0, 0.1) is 0 Å². The number of methoxy groups -OCH3 is 1. The zero-order valence-corrected chi connectivity index (χ0v) is 18.5. The summed E-state index contributed by atoms with van der Waals surface area (Å²) in [5, 5.41) is 3.88. The van der Waals surface area contributed by atoms with Crippen LogP contribution in [0.25, 0.3) is 10.9 Å². The Bertz CT molecular complexity index is 1160. The first-order valence-corrected chi connectivity index (χ1v) is 11.4. The monoisotopic (exact) mass is 429 g/mol. The van der Waals surface area contributed by atoms with E-state index in [0.29, 0.717) is 18.8 Å². The number of aryl methyl sites for hydroxylation is 1. The zero-order valence-electron chi connectivity index (χ0n) is 17.7. The van der Waals surface area contributed by atoms with Gasteiger partial charge in [-0.3, -0.25) is 4.79 Å². The molecule has 0 spiro atoms. The van der Waals surface area contributed by atoms with Gasteiger partial charge in [0.05, 0.1) is 7.11 Å². The number of sulfonamides is 1. The van der Waals surface area contributed by atoms with Crippen molar-refractivity contribution in [3.8, 4) is 5.75 Å². The van der Waals surface area contributed by atoms with Crippen molar-refractivity contribution in [2.24, 2.45) is 0 Å². The molecule has 30 heavy (non-hydrogen) atoms. The molecule has 0 saturated heterocycles. The van der Waals surface area contributed by atoms with Gasteiger partial charge < -0.3 is 14.6 Å². The smallest absolute Gasteiger partial charge is 0.255 e. The van der Waals surface area contributed by atoms with E-state index in [0.717, 1.165) is 17.4 Å². The molecular weight excluding hydrogens is 402 g/mol. The number of hydrogen-bond acceptors (Lipinski definition) is 4. The molecule has 0 bridgehead atoms. The number of amides is 1. The number of nitrogens with zero attached hydrogens (tertiary/aromatic N) is 2. The molecule has 0 aliphatic heterocycles. The summed E-state index contributed by atoms with van der Waals surface area (Å²) in [7, 11) is -2.37. The molecule has 1 amide bonds. The van der Waals surface area contributed by atoms with Crippen LogP contribution in [-0.4, -0.2) is 43.4 Å². The van der Waals surface area contributed by atoms with E-state index < -0.39 is 10.0 Å². The van der Waals surface area contributed by atoms with Gasteiger partial charge in [0.15, 0.2) is 0 Å². The van der Waals surface area contributed by atoms with Crippen molar-refractivity contribution in [2.45, 2.75) is 32.2 Å². The number of carbonyl (C=O) groups is 1. The molecule has 1 N–H and O–H groups in total. The Kier molecular flexibility index (Phi) is 6.48. The number of carbonyl (C=O) groups excluding carboxylic acids is 1. The molecule has 0 saturated carbocycles. The van der Waals surface area contributed by atoms with Crippen LogP contribution in [0.15, 0.2) is 53.6 Å². The van der Waals surface area contributed by atoms with Crippen molar-refractivity contribution in [2.75, 3.05) is 25.5 Å². The molecule has 8 heteroatoms. The molecule has 0 aliphatic carbocycles. The largest absolute Gasteiger partial charge is 0.495 e. The van der Waals surface area contributed by atoms with Gasteiger partial charge in [0, 0.05) is 48.0 Å². The average Bonchev–Trinajstić information content (AvgIpc) is 3.16. The Morgan fingerprint density at radius 1 is 1.07 bits per heavy atom. The second-order valence-corrected chi connectivity index (χ2v) is 8.69. The summed E-state index contributed by atoms with van der Waals surface area (Å²) < 4.78 is 34.7. The molecular formula is C22H27N3O4S. The number of hydrogen-bond donors (Lipinski definition) is 1. The van der Waals surface area contributed by atoms with Crippen LogP contribution in [0.3, 0.4) is 0 Å². The van der Waals surface area contributed by atoms with Gasteiger partial charge in [-0.05, 0) is 49.4 Å². The van der Waals surface area contributed by atoms with Crippen LogP contribution in [-0.2, 0) is 16.6 Å². The normalized spacial score (nSPS) is 11.8. The maximum absolute atomic E-state index is 13.0. The molecule has 0 radical (unpaired) electrons. The summed E-state index contributed by atoms with van der Waals surface area (Å²) in [5.41, 5.74) is 1.98. The van der Waals surface area contributed by atoms with E-state index in [1.165, 1.54) is 23.5 Å². The third-order valence-electron chi connectivity index (χ3n) is 5.12. The van der Waals surface area contributed by atoms with Crippen molar-refractivity contribution in [3.05, 3.63) is 54.2 Å². The maximum atomic E-state index is 13.0. The Morgan fingerprint density at radius 3 is 2.43 bits per heavy atom. The van der Waals surface area contributed by atoms with Crippen molar-refractivity contribution in [1.82, 2.24) is 8.87 Å². The van der Waals surface area contributed by atoms with E-state index in [9.17, 15) is 13.2 Å². The van der Waals surface area contributed by atoms with Gasteiger partial charge in [-0.2, -0.15) is 4.31 Å². The van der Waals surface area contributed by atoms with Gasteiger partial charge in [0.25, 0.3) is 5.91 Å². The summed E-state index contributed by atoms with van der Waals surface area (Å²) >= 11 is 0. The van der Waals surface area contributed by atoms with Crippen molar-refractivity contribution in [1.29, 1.82) is 0 Å². The summed E-state index contributed by atoms with van der Waals surface area (Å²) in [4.78, 5) is 12.8. The second kappa shape index (κ2) is 8.89. The Balaban J connectivity index is 1.93. The van der Waals surface area contributed by atoms with Crippen molar-refractivity contribution >= 4 is 32.5 Å². The number of fused-ring (bicyclic) bond motifs is 1. The fraction of sp³-hybridized carbons (Fsp3) is 0.318. The van der Waals surface area contributed by atoms with E-state index in [-0.39, 0.29) is 22.1 Å². The lowest BCUT2D eigenvalue weighted by molar-refractivity contribution is 0.102. The third kappa shape index (κ3) is 4.06. The molecule has 2 aromatic carbocycles. The van der Waals surface area contributed by atoms with Gasteiger partial charge in [0.2, 0.25) is 10.0 Å². The van der Waals surface area contributed by atoms with Crippen molar-refractivity contribution < 1.29 is 17.9 Å². The standard InChI is InChI=1S/C22H27N3O4S/c1-5-24-13-12-16-14-18(9-10-19(16)24)23-22(26)17-8-11-20(29-4)21(15-17)30(27,28)25(6-2)7-3/h8-15H,5-7H2,1-4H3,(H,23,26). The molecule has 0 aliphatic rings. The first-order chi connectivity index (χ1) is 14.3. The quantitative estimate of drug-likeness (QED) is 0.588. The molecule has 7 nitrogen and oxygen atoms in total. The van der Waals surface area contributed by atoms with Crippen molar-refractivity contribution in [3.63, 3.8) is 0 Å². The fourth-order valence-electron chi connectivity index (χ4n) is 3.48. The van der Waals surface area contributed by atoms with Gasteiger partial charge in [-0.15, -0.1) is 0 Å². The number of anilines is 1. The van der Waals surface area contributed by atoms with E-state index in [4.69, 9.17) is 4.74 Å². The van der Waals surface area contributed by atoms with Crippen LogP contribution >= 0.6 is 0 Å². The molecule has 3 rings (SSSR count). The van der Waals surface area contributed by atoms with Crippen LogP contribution in [0.4, 0.5) is 5.69 Å². The van der Waals surface area contributed by atoms with E-state index in [1.807, 2.05) is 30.5 Å². The Hall–Kier alpha value is -2.84. The van der Waals surface area contributed by atoms with Gasteiger partial charge in [0.1, 0.15) is 10.6 Å². The number of rotatable bonds is 8. The van der Waals surface area contributed by atoms with Crippen LogP contribution < -0.4 is 10.1 Å². The molecule has 3 aromatic rings. The number of ether oxygens (including phenoxy) is 1. The minimum atomic E-state index is -3.78. The first kappa shape index (κ1) is 21.9. The summed E-state index contributed by atoms with van der Waals surface area (Å²) in [5.74, 6) is -0.177. The predicted molar refractivity (Wildman–Crippen MR) is 119 cm³/mol. The molecule has 160 valence electrons. The zero-order chi connectivity index (χ0) is 21.9. The van der Waals surface area contributed by atoms with Crippen LogP contribution in [0.2, 0.25) is 0 Å². The Morgan fingerprint density at radius 2 is 1.80 bits per heavy atom. The van der Waals surface area contributed by atoms with E-state index in [2.05, 4.69) is 16.8 Å². The minimum Gasteiger partial charge on any atom is -0.495 e. The summed E-state index contributed by atoms with van der Waals surface area (Å²) in [6, 6.07) is 12.1. The van der Waals surface area contributed by atoms with Crippen LogP contribution in [0.5, 0.6) is 5.75 Å². The van der Waals surface area contributed by atoms with Gasteiger partial charge in [-0.1, -0.05) is 13.8 Å². The Labute approximate surface area is 177 Å². The predicted octanol–water partition coefficient (Wildman–Crippen LogP) is 3.95. The summed E-state index contributed by atoms with van der Waals surface area (Å²) in [6.07, 6.45) is 2.00. The lowest BCUT2D eigenvalue weighted by atomic mass is 10.2. The lowest BCUT2D eigenvalue weighted by Gasteiger charge is -2.20. The molecule has 0 fully saturated rings. The first-order valence-electron chi connectivity index (χ1n) is 9.94. The number of nitrogens with one attached hydrogen (secondary N) is 1. The lowest BCUT2D eigenvalue weighted by Crippen LogP contribution is -2.31. The van der Waals surface area contributed by atoms with Gasteiger partial charge >= 0.3 is 0 Å². The topological polar surface area (TPSA) is 80.6 Å². The molecule has 0 atom stereocenters. The summed E-state index contributed by atoms with van der Waals surface area (Å²) in [6.45, 7) is 7.14.